The summed E-state index contributed by atoms with van der Waals surface area (Å²) in [6.07, 6.45) is 3.82. The van der Waals surface area contributed by atoms with Crippen molar-refractivity contribution in [1.82, 2.24) is 0 Å². The molecule has 0 rings (SSSR count). The fourth-order valence-electron chi connectivity index (χ4n) is 1.37. The molecule has 0 heterocycles. The van der Waals surface area contributed by atoms with E-state index in [1.807, 2.05) is 6.08 Å². The summed E-state index contributed by atoms with van der Waals surface area (Å²) < 4.78 is 0. The van der Waals surface area contributed by atoms with Crippen LogP contribution in [0.25, 0.3) is 0 Å². The Balaban J connectivity index is 5.28. The minimum atomic E-state index is -0.0471. The highest BCUT2D eigenvalue weighted by atomic mass is 16.3. The second-order valence-corrected chi connectivity index (χ2v) is 6.17. The highest BCUT2D eigenvalue weighted by Crippen LogP contribution is 2.32. The van der Waals surface area contributed by atoms with Gasteiger partial charge in [0.2, 0.25) is 0 Å². The molecule has 94 valence electrons. The van der Waals surface area contributed by atoms with E-state index in [9.17, 15) is 5.11 Å². The lowest BCUT2D eigenvalue weighted by molar-refractivity contribution is 0.294. The molecule has 0 fully saturated rings. The number of aliphatic hydroxyl groups excluding tert-OH is 2. The molecule has 0 saturated carbocycles. The van der Waals surface area contributed by atoms with Gasteiger partial charge in [-0.2, -0.15) is 0 Å². The van der Waals surface area contributed by atoms with Crippen LogP contribution in [0.5, 0.6) is 0 Å². The van der Waals surface area contributed by atoms with Crippen molar-refractivity contribution in [3.05, 3.63) is 23.3 Å². The van der Waals surface area contributed by atoms with E-state index in [1.165, 1.54) is 0 Å². The van der Waals surface area contributed by atoms with Crippen molar-refractivity contribution in [3.63, 3.8) is 0 Å². The summed E-state index contributed by atoms with van der Waals surface area (Å²) in [6, 6.07) is 0. The van der Waals surface area contributed by atoms with E-state index in [0.717, 1.165) is 11.1 Å². The van der Waals surface area contributed by atoms with Gasteiger partial charge in [-0.15, -0.1) is 0 Å². The second kappa shape index (κ2) is 5.65. The first kappa shape index (κ1) is 15.4. The topological polar surface area (TPSA) is 40.5 Å². The predicted octanol–water partition coefficient (Wildman–Crippen LogP) is 2.92. The Morgan fingerprint density at radius 1 is 0.938 bits per heavy atom. The molecular weight excluding hydrogens is 200 g/mol. The lowest BCUT2D eigenvalue weighted by Gasteiger charge is -2.26. The van der Waals surface area contributed by atoms with Crippen molar-refractivity contribution in [2.45, 2.75) is 41.5 Å². The smallest absolute Gasteiger partial charge is 0.0650 e. The molecule has 0 aliphatic rings. The number of allylic oxidation sites excluding steroid dienone is 2. The molecule has 0 bridgehead atoms. The number of aliphatic hydroxyl groups is 2. The molecule has 0 aliphatic heterocycles. The van der Waals surface area contributed by atoms with Crippen molar-refractivity contribution in [3.8, 4) is 0 Å². The summed E-state index contributed by atoms with van der Waals surface area (Å²) >= 11 is 0. The molecule has 0 unspecified atom stereocenters. The van der Waals surface area contributed by atoms with Crippen LogP contribution in [-0.2, 0) is 0 Å². The van der Waals surface area contributed by atoms with Gasteiger partial charge in [0.05, 0.1) is 13.2 Å². The molecule has 0 aromatic carbocycles. The molecule has 0 aromatic heterocycles. The highest BCUT2D eigenvalue weighted by Gasteiger charge is 2.20. The van der Waals surface area contributed by atoms with Gasteiger partial charge in [0, 0.05) is 0 Å². The SMILES string of the molecule is CC(C)(C)/C(=C/C(=C\CO)C(C)(C)C)CO. The lowest BCUT2D eigenvalue weighted by Crippen LogP contribution is -2.16. The third-order valence-corrected chi connectivity index (χ3v) is 2.64. The molecule has 0 spiro atoms. The summed E-state index contributed by atoms with van der Waals surface area (Å²) in [5, 5.41) is 18.4. The van der Waals surface area contributed by atoms with Crippen LogP contribution >= 0.6 is 0 Å². The molecule has 0 saturated heterocycles. The molecule has 0 aromatic rings. The van der Waals surface area contributed by atoms with Crippen molar-refractivity contribution < 1.29 is 10.2 Å². The Bertz CT molecular complexity index is 272. The number of hydrogen-bond donors (Lipinski definition) is 2. The van der Waals surface area contributed by atoms with Crippen molar-refractivity contribution in [2.75, 3.05) is 13.2 Å². The van der Waals surface area contributed by atoms with Crippen molar-refractivity contribution in [2.24, 2.45) is 10.8 Å². The fraction of sp³-hybridized carbons (Fsp3) is 0.714. The minimum Gasteiger partial charge on any atom is -0.392 e. The first-order chi connectivity index (χ1) is 7.12. The first-order valence-corrected chi connectivity index (χ1v) is 5.76. The summed E-state index contributed by atoms with van der Waals surface area (Å²) in [4.78, 5) is 0. The maximum Gasteiger partial charge on any atom is 0.0650 e. The molecule has 2 N–H and O–H groups in total. The zero-order valence-corrected chi connectivity index (χ0v) is 11.5. The summed E-state index contributed by atoms with van der Waals surface area (Å²) in [6.45, 7) is 12.6. The average molecular weight is 226 g/mol. The van der Waals surface area contributed by atoms with E-state index in [0.29, 0.717) is 0 Å². The predicted molar refractivity (Wildman–Crippen MR) is 69.2 cm³/mol. The molecule has 0 amide bonds. The van der Waals surface area contributed by atoms with Gasteiger partial charge in [0.15, 0.2) is 0 Å². The van der Waals surface area contributed by atoms with Gasteiger partial charge >= 0.3 is 0 Å². The Labute approximate surface area is 99.7 Å². The monoisotopic (exact) mass is 226 g/mol. The van der Waals surface area contributed by atoms with Crippen LogP contribution in [0.4, 0.5) is 0 Å². The van der Waals surface area contributed by atoms with Crippen LogP contribution in [0.15, 0.2) is 23.3 Å². The van der Waals surface area contributed by atoms with Crippen molar-refractivity contribution >= 4 is 0 Å². The van der Waals surface area contributed by atoms with Gasteiger partial charge in [-0.05, 0) is 22.0 Å². The van der Waals surface area contributed by atoms with Crippen LogP contribution in [-0.4, -0.2) is 23.4 Å². The quantitative estimate of drug-likeness (QED) is 0.726. The number of rotatable bonds is 3. The summed E-state index contributed by atoms with van der Waals surface area (Å²) in [5.74, 6) is 0. The van der Waals surface area contributed by atoms with E-state index >= 15 is 0 Å². The molecule has 16 heavy (non-hydrogen) atoms. The van der Waals surface area contributed by atoms with E-state index in [2.05, 4.69) is 41.5 Å². The largest absolute Gasteiger partial charge is 0.392 e. The summed E-state index contributed by atoms with van der Waals surface area (Å²) in [5.41, 5.74) is 1.99. The zero-order valence-electron chi connectivity index (χ0n) is 11.5. The van der Waals surface area contributed by atoms with E-state index < -0.39 is 0 Å². The second-order valence-electron chi connectivity index (χ2n) is 6.17. The van der Waals surface area contributed by atoms with Gasteiger partial charge in [0.25, 0.3) is 0 Å². The van der Waals surface area contributed by atoms with Crippen LogP contribution < -0.4 is 0 Å². The third kappa shape index (κ3) is 4.95. The Morgan fingerprint density at radius 3 is 1.69 bits per heavy atom. The number of hydrogen-bond acceptors (Lipinski definition) is 2. The van der Waals surface area contributed by atoms with E-state index in [1.54, 1.807) is 6.08 Å². The molecule has 2 nitrogen and oxygen atoms in total. The normalized spacial score (nSPS) is 15.5. The molecule has 0 radical (unpaired) electrons. The van der Waals surface area contributed by atoms with Crippen molar-refractivity contribution in [1.29, 1.82) is 0 Å². The Hall–Kier alpha value is -0.600. The molecule has 0 aliphatic carbocycles. The van der Waals surface area contributed by atoms with Gasteiger partial charge in [-0.25, -0.2) is 0 Å². The Kier molecular flexibility index (Phi) is 5.43. The zero-order chi connectivity index (χ0) is 13.0. The van der Waals surface area contributed by atoms with Crippen LogP contribution in [0, 0.1) is 10.8 Å². The first-order valence-electron chi connectivity index (χ1n) is 5.76. The van der Waals surface area contributed by atoms with E-state index in [-0.39, 0.29) is 24.0 Å². The fourth-order valence-corrected chi connectivity index (χ4v) is 1.37. The Morgan fingerprint density at radius 2 is 1.44 bits per heavy atom. The van der Waals surface area contributed by atoms with Crippen LogP contribution in [0.3, 0.4) is 0 Å². The maximum atomic E-state index is 9.39. The van der Waals surface area contributed by atoms with Gasteiger partial charge in [-0.1, -0.05) is 53.7 Å². The summed E-state index contributed by atoms with van der Waals surface area (Å²) in [7, 11) is 0. The third-order valence-electron chi connectivity index (χ3n) is 2.64. The minimum absolute atomic E-state index is 0.0194. The van der Waals surface area contributed by atoms with Gasteiger partial charge in [-0.3, -0.25) is 0 Å². The van der Waals surface area contributed by atoms with Crippen LogP contribution in [0.2, 0.25) is 0 Å². The molecule has 0 atom stereocenters. The maximum absolute atomic E-state index is 9.39. The standard InChI is InChI=1S/C14H26O2/c1-13(2,3)11(7-8-15)9-12(10-16)14(4,5)6/h7,9,15-16H,8,10H2,1-6H3/b11-7+,12-9+. The average Bonchev–Trinajstić information content (AvgIpc) is 2.07. The molecular formula is C14H26O2. The van der Waals surface area contributed by atoms with Gasteiger partial charge < -0.3 is 10.2 Å². The van der Waals surface area contributed by atoms with Crippen LogP contribution in [0.1, 0.15) is 41.5 Å². The highest BCUT2D eigenvalue weighted by molar-refractivity contribution is 5.31. The molecule has 2 heteroatoms. The van der Waals surface area contributed by atoms with E-state index in [4.69, 9.17) is 5.11 Å². The lowest BCUT2D eigenvalue weighted by atomic mass is 9.80. The van der Waals surface area contributed by atoms with Gasteiger partial charge in [0.1, 0.15) is 0 Å².